The average Bonchev–Trinajstić information content (AvgIpc) is 2.54. The Hall–Kier alpha value is -1.77. The van der Waals surface area contributed by atoms with E-state index in [0.29, 0.717) is 6.54 Å². The van der Waals surface area contributed by atoms with Gasteiger partial charge in [-0.1, -0.05) is 36.8 Å². The summed E-state index contributed by atoms with van der Waals surface area (Å²) in [5.74, 6) is 0. The number of H-pyrrole nitrogens is 1. The van der Waals surface area contributed by atoms with Gasteiger partial charge in [0.05, 0.1) is 6.54 Å². The third kappa shape index (κ3) is 2.33. The van der Waals surface area contributed by atoms with E-state index in [1.165, 1.54) is 5.56 Å². The summed E-state index contributed by atoms with van der Waals surface area (Å²) in [6, 6.07) is 8.23. The Balaban J connectivity index is 2.34. The zero-order valence-electron chi connectivity index (χ0n) is 10.6. The maximum atomic E-state index is 12.0. The number of aromatic nitrogens is 2. The maximum Gasteiger partial charge on any atom is 0.270 e. The van der Waals surface area contributed by atoms with Gasteiger partial charge in [-0.3, -0.25) is 9.89 Å². The monoisotopic (exact) mass is 230 g/mol. The molecule has 17 heavy (non-hydrogen) atoms. The highest BCUT2D eigenvalue weighted by Crippen LogP contribution is 2.06. The molecule has 2 rings (SSSR count). The molecule has 0 fully saturated rings. The highest BCUT2D eigenvalue weighted by molar-refractivity contribution is 5.23. The smallest absolute Gasteiger partial charge is 0.270 e. The van der Waals surface area contributed by atoms with Crippen LogP contribution in [0.25, 0.3) is 0 Å². The lowest BCUT2D eigenvalue weighted by Crippen LogP contribution is -2.19. The fraction of sp³-hybridized carbons (Fsp3) is 0.357. The van der Waals surface area contributed by atoms with Crippen molar-refractivity contribution in [1.29, 1.82) is 0 Å². The molecule has 0 spiro atoms. The van der Waals surface area contributed by atoms with Gasteiger partial charge >= 0.3 is 0 Å². The predicted molar refractivity (Wildman–Crippen MR) is 69.4 cm³/mol. The third-order valence-corrected chi connectivity index (χ3v) is 3.04. The Morgan fingerprint density at radius 1 is 1.29 bits per heavy atom. The Morgan fingerprint density at radius 3 is 2.65 bits per heavy atom. The molecule has 0 radical (unpaired) electrons. The molecule has 0 atom stereocenters. The van der Waals surface area contributed by atoms with Crippen LogP contribution in [0.15, 0.2) is 29.1 Å². The highest BCUT2D eigenvalue weighted by atomic mass is 16.1. The van der Waals surface area contributed by atoms with Crippen molar-refractivity contribution in [2.24, 2.45) is 0 Å². The van der Waals surface area contributed by atoms with Crippen LogP contribution in [0.3, 0.4) is 0 Å². The Kier molecular flexibility index (Phi) is 3.18. The van der Waals surface area contributed by atoms with E-state index in [0.717, 1.165) is 23.2 Å². The number of hydrogen-bond donors (Lipinski definition) is 1. The van der Waals surface area contributed by atoms with Crippen molar-refractivity contribution in [2.45, 2.75) is 33.7 Å². The number of aromatic amines is 1. The Labute approximate surface area is 101 Å². The lowest BCUT2D eigenvalue weighted by Gasteiger charge is -2.03. The molecule has 1 heterocycles. The second-order valence-electron chi connectivity index (χ2n) is 4.45. The van der Waals surface area contributed by atoms with Crippen molar-refractivity contribution in [1.82, 2.24) is 9.78 Å². The zero-order valence-corrected chi connectivity index (χ0v) is 10.6. The second kappa shape index (κ2) is 4.62. The molecule has 3 nitrogen and oxygen atoms in total. The molecule has 1 N–H and O–H groups in total. The van der Waals surface area contributed by atoms with Gasteiger partial charge in [0, 0.05) is 11.3 Å². The first kappa shape index (κ1) is 11.7. The minimum atomic E-state index is 0.103. The summed E-state index contributed by atoms with van der Waals surface area (Å²) in [5.41, 5.74) is 4.33. The van der Waals surface area contributed by atoms with Crippen LogP contribution >= 0.6 is 0 Å². The standard InChI is InChI=1S/C14H18N2O/c1-4-13-11(3)15-16(14(13)17)9-12-7-5-6-10(2)8-12/h5-8,15H,4,9H2,1-3H3. The first-order valence-corrected chi connectivity index (χ1v) is 5.95. The van der Waals surface area contributed by atoms with Gasteiger partial charge in [-0.15, -0.1) is 0 Å². The molecule has 1 aromatic carbocycles. The lowest BCUT2D eigenvalue weighted by molar-refractivity contribution is 0.656. The van der Waals surface area contributed by atoms with Crippen LogP contribution in [-0.2, 0) is 13.0 Å². The van der Waals surface area contributed by atoms with E-state index < -0.39 is 0 Å². The van der Waals surface area contributed by atoms with Crippen LogP contribution < -0.4 is 5.56 Å². The molecule has 0 unspecified atom stereocenters. The summed E-state index contributed by atoms with van der Waals surface area (Å²) >= 11 is 0. The number of nitrogens with zero attached hydrogens (tertiary/aromatic N) is 1. The van der Waals surface area contributed by atoms with E-state index in [-0.39, 0.29) is 5.56 Å². The fourth-order valence-electron chi connectivity index (χ4n) is 2.16. The molecule has 0 amide bonds. The minimum Gasteiger partial charge on any atom is -0.299 e. The highest BCUT2D eigenvalue weighted by Gasteiger charge is 2.08. The molecular weight excluding hydrogens is 212 g/mol. The van der Waals surface area contributed by atoms with E-state index in [1.807, 2.05) is 26.0 Å². The van der Waals surface area contributed by atoms with E-state index in [2.05, 4.69) is 24.2 Å². The average molecular weight is 230 g/mol. The van der Waals surface area contributed by atoms with E-state index in [4.69, 9.17) is 0 Å². The van der Waals surface area contributed by atoms with Gasteiger partial charge in [0.15, 0.2) is 0 Å². The SMILES string of the molecule is CCc1c(C)[nH]n(Cc2cccc(C)c2)c1=O. The largest absolute Gasteiger partial charge is 0.299 e. The van der Waals surface area contributed by atoms with E-state index in [9.17, 15) is 4.79 Å². The van der Waals surface area contributed by atoms with Gasteiger partial charge in [0.1, 0.15) is 0 Å². The summed E-state index contributed by atoms with van der Waals surface area (Å²) in [5, 5.41) is 3.14. The fourth-order valence-corrected chi connectivity index (χ4v) is 2.16. The summed E-state index contributed by atoms with van der Waals surface area (Å²) in [7, 11) is 0. The molecule has 0 saturated carbocycles. The van der Waals surface area contributed by atoms with Crippen LogP contribution in [0.4, 0.5) is 0 Å². The number of rotatable bonds is 3. The lowest BCUT2D eigenvalue weighted by atomic mass is 10.1. The molecule has 0 bridgehead atoms. The Bertz CT molecular complexity index is 578. The second-order valence-corrected chi connectivity index (χ2v) is 4.45. The van der Waals surface area contributed by atoms with Gasteiger partial charge in [-0.05, 0) is 25.8 Å². The summed E-state index contributed by atoms with van der Waals surface area (Å²) in [6.07, 6.45) is 0.780. The molecule has 0 aliphatic rings. The number of benzene rings is 1. The molecule has 0 aliphatic carbocycles. The number of aryl methyl sites for hydroxylation is 2. The van der Waals surface area contributed by atoms with Gasteiger partial charge < -0.3 is 0 Å². The molecule has 3 heteroatoms. The van der Waals surface area contributed by atoms with Crippen molar-refractivity contribution >= 4 is 0 Å². The van der Waals surface area contributed by atoms with Crippen LogP contribution in [0.5, 0.6) is 0 Å². The summed E-state index contributed by atoms with van der Waals surface area (Å²) in [4.78, 5) is 12.0. The zero-order chi connectivity index (χ0) is 12.4. The molecule has 90 valence electrons. The summed E-state index contributed by atoms with van der Waals surface area (Å²) < 4.78 is 1.68. The van der Waals surface area contributed by atoms with Crippen molar-refractivity contribution in [2.75, 3.05) is 0 Å². The number of hydrogen-bond acceptors (Lipinski definition) is 1. The van der Waals surface area contributed by atoms with Crippen LogP contribution in [0.1, 0.15) is 29.3 Å². The Morgan fingerprint density at radius 2 is 2.06 bits per heavy atom. The third-order valence-electron chi connectivity index (χ3n) is 3.04. The maximum absolute atomic E-state index is 12.0. The van der Waals surface area contributed by atoms with Crippen molar-refractivity contribution < 1.29 is 0 Å². The molecule has 0 saturated heterocycles. The van der Waals surface area contributed by atoms with Crippen LogP contribution in [-0.4, -0.2) is 9.78 Å². The topological polar surface area (TPSA) is 37.8 Å². The van der Waals surface area contributed by atoms with Gasteiger partial charge in [0.25, 0.3) is 5.56 Å². The number of nitrogens with one attached hydrogen (secondary N) is 1. The van der Waals surface area contributed by atoms with Crippen LogP contribution in [0.2, 0.25) is 0 Å². The molecule has 2 aromatic rings. The minimum absolute atomic E-state index is 0.103. The molecule has 0 aliphatic heterocycles. The quantitative estimate of drug-likeness (QED) is 0.863. The molecule has 1 aromatic heterocycles. The first-order chi connectivity index (χ1) is 8.11. The van der Waals surface area contributed by atoms with Crippen molar-refractivity contribution in [3.63, 3.8) is 0 Å². The van der Waals surface area contributed by atoms with Crippen molar-refractivity contribution in [3.05, 3.63) is 57.0 Å². The van der Waals surface area contributed by atoms with E-state index in [1.54, 1.807) is 4.68 Å². The predicted octanol–water partition coefficient (Wildman–Crippen LogP) is 2.40. The molecular formula is C14H18N2O. The first-order valence-electron chi connectivity index (χ1n) is 5.95. The van der Waals surface area contributed by atoms with Crippen molar-refractivity contribution in [3.8, 4) is 0 Å². The van der Waals surface area contributed by atoms with Gasteiger partial charge in [0.2, 0.25) is 0 Å². The summed E-state index contributed by atoms with van der Waals surface area (Å²) in [6.45, 7) is 6.63. The van der Waals surface area contributed by atoms with Gasteiger partial charge in [-0.25, -0.2) is 4.68 Å². The normalized spacial score (nSPS) is 10.8. The van der Waals surface area contributed by atoms with Crippen LogP contribution in [0, 0.1) is 13.8 Å². The van der Waals surface area contributed by atoms with E-state index >= 15 is 0 Å². The van der Waals surface area contributed by atoms with Gasteiger partial charge in [-0.2, -0.15) is 0 Å².